The Hall–Kier alpha value is -2.67. The van der Waals surface area contributed by atoms with E-state index in [0.717, 1.165) is 14.9 Å². The molecule has 2 N–H and O–H groups in total. The minimum absolute atomic E-state index is 0.343. The lowest BCUT2D eigenvalue weighted by atomic mass is 9.87. The lowest BCUT2D eigenvalue weighted by Gasteiger charge is -2.25. The van der Waals surface area contributed by atoms with Gasteiger partial charge in [-0.15, -0.1) is 0 Å². The number of urea groups is 1. The number of carbonyl (C=O) groups excluding carboxylic acids is 3. The maximum Gasteiger partial charge on any atom is 0.325 e. The van der Waals surface area contributed by atoms with Gasteiger partial charge >= 0.3 is 6.03 Å². The van der Waals surface area contributed by atoms with Crippen LogP contribution >= 0.6 is 15.9 Å². The summed E-state index contributed by atoms with van der Waals surface area (Å²) in [4.78, 5) is 38.8. The van der Waals surface area contributed by atoms with Gasteiger partial charge in [-0.05, 0) is 36.6 Å². The fourth-order valence-corrected chi connectivity index (χ4v) is 3.53. The third-order valence-corrected chi connectivity index (χ3v) is 5.58. The van der Waals surface area contributed by atoms with Gasteiger partial charge in [0.25, 0.3) is 5.91 Å². The molecular formula is C20H20BrN3O3. The summed E-state index contributed by atoms with van der Waals surface area (Å²) in [5.74, 6) is -0.851. The molecule has 6 nitrogen and oxygen atoms in total. The highest BCUT2D eigenvalue weighted by Crippen LogP contribution is 2.32. The van der Waals surface area contributed by atoms with Crippen molar-refractivity contribution in [1.82, 2.24) is 10.2 Å². The van der Waals surface area contributed by atoms with Crippen LogP contribution in [0.25, 0.3) is 0 Å². The van der Waals surface area contributed by atoms with Crippen molar-refractivity contribution in [1.29, 1.82) is 0 Å². The molecule has 0 spiro atoms. The largest absolute Gasteiger partial charge is 0.325 e. The van der Waals surface area contributed by atoms with Gasteiger partial charge in [-0.1, -0.05) is 59.3 Å². The third kappa shape index (κ3) is 3.60. The summed E-state index contributed by atoms with van der Waals surface area (Å²) in [5, 5.41) is 5.49. The average molecular weight is 430 g/mol. The molecule has 1 saturated heterocycles. The van der Waals surface area contributed by atoms with Gasteiger partial charge in [0.1, 0.15) is 12.1 Å². The van der Waals surface area contributed by atoms with Crippen molar-refractivity contribution in [2.75, 3.05) is 11.9 Å². The summed E-state index contributed by atoms with van der Waals surface area (Å²) in [7, 11) is 0. The molecule has 1 aliphatic rings. The first-order valence-electron chi connectivity index (χ1n) is 8.63. The Morgan fingerprint density at radius 3 is 2.52 bits per heavy atom. The van der Waals surface area contributed by atoms with E-state index in [4.69, 9.17) is 0 Å². The fourth-order valence-electron chi connectivity index (χ4n) is 3.15. The van der Waals surface area contributed by atoms with Gasteiger partial charge in [-0.3, -0.25) is 14.5 Å². The number of carbonyl (C=O) groups is 3. The Morgan fingerprint density at radius 1 is 1.19 bits per heavy atom. The number of hydrogen-bond donors (Lipinski definition) is 2. The maximum atomic E-state index is 13.0. The van der Waals surface area contributed by atoms with Gasteiger partial charge in [0, 0.05) is 10.2 Å². The van der Waals surface area contributed by atoms with E-state index in [9.17, 15) is 14.4 Å². The van der Waals surface area contributed by atoms with Crippen LogP contribution in [0.1, 0.15) is 24.5 Å². The highest BCUT2D eigenvalue weighted by atomic mass is 79.9. The van der Waals surface area contributed by atoms with E-state index in [1.54, 1.807) is 24.3 Å². The van der Waals surface area contributed by atoms with Crippen LogP contribution in [0.3, 0.4) is 0 Å². The van der Waals surface area contributed by atoms with Crippen LogP contribution in [0.4, 0.5) is 10.5 Å². The molecular weight excluding hydrogens is 410 g/mol. The van der Waals surface area contributed by atoms with Crippen LogP contribution < -0.4 is 10.6 Å². The number of halogens is 1. The summed E-state index contributed by atoms with van der Waals surface area (Å²) < 4.78 is 0.865. The van der Waals surface area contributed by atoms with Crippen molar-refractivity contribution in [3.63, 3.8) is 0 Å². The van der Waals surface area contributed by atoms with Crippen molar-refractivity contribution in [3.8, 4) is 0 Å². The average Bonchev–Trinajstić information content (AvgIpc) is 2.90. The molecule has 4 amide bonds. The zero-order valence-electron chi connectivity index (χ0n) is 15.1. The van der Waals surface area contributed by atoms with Crippen LogP contribution in [-0.4, -0.2) is 29.3 Å². The van der Waals surface area contributed by atoms with E-state index in [-0.39, 0.29) is 6.54 Å². The number of hydrogen-bond acceptors (Lipinski definition) is 3. The number of nitrogens with one attached hydrogen (secondary N) is 2. The van der Waals surface area contributed by atoms with Gasteiger partial charge in [0.05, 0.1) is 0 Å². The third-order valence-electron chi connectivity index (χ3n) is 4.73. The normalized spacial score (nSPS) is 19.1. The summed E-state index contributed by atoms with van der Waals surface area (Å²) >= 11 is 3.41. The number of nitrogens with zero attached hydrogens (tertiary/aromatic N) is 1. The molecule has 1 aliphatic heterocycles. The minimum Gasteiger partial charge on any atom is -0.324 e. The topological polar surface area (TPSA) is 78.5 Å². The molecule has 3 rings (SSSR count). The Morgan fingerprint density at radius 2 is 1.89 bits per heavy atom. The molecule has 0 radical (unpaired) electrons. The predicted molar refractivity (Wildman–Crippen MR) is 106 cm³/mol. The van der Waals surface area contributed by atoms with Crippen LogP contribution in [-0.2, 0) is 15.1 Å². The minimum atomic E-state index is -1.13. The molecule has 2 aromatic carbocycles. The van der Waals surface area contributed by atoms with Crippen LogP contribution in [0.2, 0.25) is 0 Å². The number of amides is 4. The van der Waals surface area contributed by atoms with Crippen molar-refractivity contribution < 1.29 is 14.4 Å². The first-order valence-corrected chi connectivity index (χ1v) is 9.42. The molecule has 1 unspecified atom stereocenters. The first-order chi connectivity index (χ1) is 12.9. The van der Waals surface area contributed by atoms with E-state index in [0.29, 0.717) is 17.7 Å². The molecule has 7 heteroatoms. The van der Waals surface area contributed by atoms with Crippen LogP contribution in [0, 0.1) is 6.92 Å². The molecule has 0 aromatic heterocycles. The number of imide groups is 1. The van der Waals surface area contributed by atoms with Gasteiger partial charge in [0.15, 0.2) is 0 Å². The zero-order valence-corrected chi connectivity index (χ0v) is 16.7. The van der Waals surface area contributed by atoms with E-state index >= 15 is 0 Å². The Balaban J connectivity index is 1.77. The molecule has 140 valence electrons. The molecule has 0 aliphatic carbocycles. The van der Waals surface area contributed by atoms with Crippen molar-refractivity contribution in [2.45, 2.75) is 25.8 Å². The number of rotatable bonds is 5. The Labute approximate surface area is 166 Å². The highest BCUT2D eigenvalue weighted by Gasteiger charge is 2.51. The fraction of sp³-hybridized carbons (Fsp3) is 0.250. The van der Waals surface area contributed by atoms with E-state index in [2.05, 4.69) is 26.6 Å². The standard InChI is InChI=1S/C20H20BrN3O3/c1-3-20(14-7-5-4-6-8-14)18(26)24(19(27)23-20)12-17(25)22-15-10-9-13(2)16(21)11-15/h4-11H,3,12H2,1-2H3,(H,22,25)(H,23,27). The summed E-state index contributed by atoms with van der Waals surface area (Å²) in [6.07, 6.45) is 0.393. The van der Waals surface area contributed by atoms with Crippen LogP contribution in [0.5, 0.6) is 0 Å². The van der Waals surface area contributed by atoms with Gasteiger partial charge < -0.3 is 10.6 Å². The number of aryl methyl sites for hydroxylation is 1. The predicted octanol–water partition coefficient (Wildman–Crippen LogP) is 3.55. The second-order valence-electron chi connectivity index (χ2n) is 6.46. The summed E-state index contributed by atoms with van der Waals surface area (Å²) in [6.45, 7) is 3.43. The van der Waals surface area contributed by atoms with Gasteiger partial charge in [-0.2, -0.15) is 0 Å². The maximum absolute atomic E-state index is 13.0. The van der Waals surface area contributed by atoms with Gasteiger partial charge in [0.2, 0.25) is 5.91 Å². The molecule has 1 atom stereocenters. The molecule has 1 fully saturated rings. The van der Waals surface area contributed by atoms with Crippen molar-refractivity contribution in [2.24, 2.45) is 0 Å². The number of benzene rings is 2. The quantitative estimate of drug-likeness (QED) is 0.713. The summed E-state index contributed by atoms with van der Waals surface area (Å²) in [6, 6.07) is 13.9. The molecule has 2 aromatic rings. The second-order valence-corrected chi connectivity index (χ2v) is 7.31. The molecule has 0 saturated carbocycles. The lowest BCUT2D eigenvalue weighted by molar-refractivity contribution is -0.134. The second kappa shape index (κ2) is 7.52. The molecule has 0 bridgehead atoms. The SMILES string of the molecule is CCC1(c2ccccc2)NC(=O)N(CC(=O)Nc2ccc(C)c(Br)c2)C1=O. The molecule has 27 heavy (non-hydrogen) atoms. The van der Waals surface area contributed by atoms with Crippen molar-refractivity contribution in [3.05, 3.63) is 64.1 Å². The Kier molecular flexibility index (Phi) is 5.32. The van der Waals surface area contributed by atoms with E-state index in [1.807, 2.05) is 38.1 Å². The monoisotopic (exact) mass is 429 g/mol. The zero-order chi connectivity index (χ0) is 19.6. The Bertz CT molecular complexity index is 901. The van der Waals surface area contributed by atoms with E-state index < -0.39 is 23.4 Å². The van der Waals surface area contributed by atoms with Gasteiger partial charge in [-0.25, -0.2) is 4.79 Å². The van der Waals surface area contributed by atoms with E-state index in [1.165, 1.54) is 0 Å². The smallest absolute Gasteiger partial charge is 0.324 e. The van der Waals surface area contributed by atoms with Crippen molar-refractivity contribution >= 4 is 39.5 Å². The summed E-state index contributed by atoms with van der Waals surface area (Å²) in [5.41, 5.74) is 1.20. The molecule has 1 heterocycles. The highest BCUT2D eigenvalue weighted by molar-refractivity contribution is 9.10. The first kappa shape index (κ1) is 19.1. The van der Waals surface area contributed by atoms with Crippen LogP contribution in [0.15, 0.2) is 53.0 Å². The lowest BCUT2D eigenvalue weighted by Crippen LogP contribution is -2.44. The number of anilines is 1.